The van der Waals surface area contributed by atoms with Gasteiger partial charge in [0.25, 0.3) is 0 Å². The molecule has 2 N–H and O–H groups in total. The second kappa shape index (κ2) is 8.28. The number of hydrogen-bond acceptors (Lipinski definition) is 5. The van der Waals surface area contributed by atoms with E-state index in [0.29, 0.717) is 23.2 Å². The van der Waals surface area contributed by atoms with E-state index in [1.54, 1.807) is 19.9 Å². The molecule has 1 aromatic heterocycles. The fourth-order valence-electron chi connectivity index (χ4n) is 3.57. The van der Waals surface area contributed by atoms with E-state index in [1.165, 1.54) is 13.0 Å². The Bertz CT molecular complexity index is 1020. The molecule has 0 bridgehead atoms. The van der Waals surface area contributed by atoms with Gasteiger partial charge in [0.2, 0.25) is 5.91 Å². The minimum atomic E-state index is -4.46. The van der Waals surface area contributed by atoms with Crippen LogP contribution in [0.4, 0.5) is 19.0 Å². The van der Waals surface area contributed by atoms with Crippen LogP contribution in [0, 0.1) is 13.8 Å². The van der Waals surface area contributed by atoms with Gasteiger partial charge in [-0.15, -0.1) is 0 Å². The van der Waals surface area contributed by atoms with Crippen molar-refractivity contribution in [2.24, 2.45) is 0 Å². The second-order valence-electron chi connectivity index (χ2n) is 8.27. The molecule has 9 heteroatoms. The molecule has 3 rings (SSSR count). The number of hydrogen-bond donors (Lipinski definition) is 2. The smallest absolute Gasteiger partial charge is 0.363 e. The lowest BCUT2D eigenvalue weighted by Crippen LogP contribution is -2.35. The molecular weight excluding hydrogens is 409 g/mol. The van der Waals surface area contributed by atoms with Crippen molar-refractivity contribution >= 4 is 18.0 Å². The Morgan fingerprint density at radius 2 is 1.94 bits per heavy atom. The van der Waals surface area contributed by atoms with E-state index in [0.717, 1.165) is 18.9 Å². The topological polar surface area (TPSA) is 84.0 Å². The van der Waals surface area contributed by atoms with Crippen molar-refractivity contribution < 1.29 is 22.8 Å². The molecule has 1 amide bonds. The maximum absolute atomic E-state index is 13.3. The monoisotopic (exact) mass is 434 g/mol. The molecule has 1 fully saturated rings. The number of rotatable bonds is 7. The molecule has 6 nitrogen and oxygen atoms in total. The van der Waals surface area contributed by atoms with E-state index in [9.17, 15) is 22.8 Å². The van der Waals surface area contributed by atoms with Gasteiger partial charge in [-0.3, -0.25) is 9.59 Å². The SMILES string of the molecule is Cc1nc(C=O)c(CC(=O)NC2(C)CC2)c(N[C@H](C)c2cccc(C(F)(F)F)c2C)n1. The summed E-state index contributed by atoms with van der Waals surface area (Å²) >= 11 is 0. The highest BCUT2D eigenvalue weighted by molar-refractivity contribution is 5.86. The molecule has 0 radical (unpaired) electrons. The predicted molar refractivity (Wildman–Crippen MR) is 110 cm³/mol. The van der Waals surface area contributed by atoms with E-state index in [2.05, 4.69) is 20.6 Å². The van der Waals surface area contributed by atoms with Crippen LogP contribution in [0.5, 0.6) is 0 Å². The van der Waals surface area contributed by atoms with Gasteiger partial charge in [0, 0.05) is 11.1 Å². The number of aldehydes is 1. The van der Waals surface area contributed by atoms with Crippen molar-refractivity contribution in [2.45, 2.75) is 64.7 Å². The maximum atomic E-state index is 13.3. The molecule has 166 valence electrons. The van der Waals surface area contributed by atoms with Gasteiger partial charge in [-0.25, -0.2) is 9.97 Å². The summed E-state index contributed by atoms with van der Waals surface area (Å²) in [5.41, 5.74) is 0.0262. The zero-order valence-electron chi connectivity index (χ0n) is 17.9. The summed E-state index contributed by atoms with van der Waals surface area (Å²) in [6, 6.07) is 3.45. The van der Waals surface area contributed by atoms with Gasteiger partial charge in [0.1, 0.15) is 17.3 Å². The first-order valence-corrected chi connectivity index (χ1v) is 10.0. The van der Waals surface area contributed by atoms with Crippen LogP contribution in [0.15, 0.2) is 18.2 Å². The van der Waals surface area contributed by atoms with Crippen molar-refractivity contribution in [2.75, 3.05) is 5.32 Å². The molecular formula is C22H25F3N4O2. The lowest BCUT2D eigenvalue weighted by atomic mass is 9.97. The summed E-state index contributed by atoms with van der Waals surface area (Å²) in [4.78, 5) is 32.5. The Balaban J connectivity index is 1.92. The van der Waals surface area contributed by atoms with Crippen molar-refractivity contribution in [3.05, 3.63) is 52.0 Å². The van der Waals surface area contributed by atoms with Gasteiger partial charge in [0.05, 0.1) is 18.0 Å². The minimum absolute atomic E-state index is 0.0825. The van der Waals surface area contributed by atoms with Crippen molar-refractivity contribution in [1.82, 2.24) is 15.3 Å². The number of benzene rings is 1. The van der Waals surface area contributed by atoms with Crippen molar-refractivity contribution in [3.8, 4) is 0 Å². The summed E-state index contributed by atoms with van der Waals surface area (Å²) in [5.74, 6) is 0.312. The second-order valence-corrected chi connectivity index (χ2v) is 8.27. The van der Waals surface area contributed by atoms with Crippen LogP contribution in [0.25, 0.3) is 0 Å². The van der Waals surface area contributed by atoms with Crippen molar-refractivity contribution in [3.63, 3.8) is 0 Å². The maximum Gasteiger partial charge on any atom is 0.416 e. The number of amides is 1. The number of halogens is 3. The number of nitrogens with zero attached hydrogens (tertiary/aromatic N) is 2. The predicted octanol–water partition coefficient (Wildman–Crippen LogP) is 4.31. The van der Waals surface area contributed by atoms with Crippen LogP contribution in [-0.4, -0.2) is 27.7 Å². The van der Waals surface area contributed by atoms with Gasteiger partial charge < -0.3 is 10.6 Å². The normalized spacial score (nSPS) is 15.8. The number of alkyl halides is 3. The first-order chi connectivity index (χ1) is 14.4. The summed E-state index contributed by atoms with van der Waals surface area (Å²) in [6.45, 7) is 6.67. The Morgan fingerprint density at radius 1 is 1.26 bits per heavy atom. The Morgan fingerprint density at radius 3 is 2.52 bits per heavy atom. The van der Waals surface area contributed by atoms with Gasteiger partial charge in [-0.1, -0.05) is 12.1 Å². The molecule has 0 saturated heterocycles. The van der Waals surface area contributed by atoms with Gasteiger partial charge in [0.15, 0.2) is 6.29 Å². The summed E-state index contributed by atoms with van der Waals surface area (Å²) in [7, 11) is 0. The van der Waals surface area contributed by atoms with E-state index in [4.69, 9.17) is 0 Å². The Labute approximate surface area is 178 Å². The van der Waals surface area contributed by atoms with Crippen molar-refractivity contribution in [1.29, 1.82) is 0 Å². The average molecular weight is 434 g/mol. The van der Waals surface area contributed by atoms with Gasteiger partial charge in [-0.2, -0.15) is 13.2 Å². The molecule has 1 saturated carbocycles. The first-order valence-electron chi connectivity index (χ1n) is 10.0. The van der Waals surface area contributed by atoms with Crippen LogP contribution in [0.2, 0.25) is 0 Å². The first kappa shape index (κ1) is 22.7. The highest BCUT2D eigenvalue weighted by Crippen LogP contribution is 2.36. The Hall–Kier alpha value is -2.97. The fraction of sp³-hybridized carbons (Fsp3) is 0.455. The number of carbonyl (C=O) groups excluding carboxylic acids is 2. The van der Waals surface area contributed by atoms with Crippen LogP contribution in [0.3, 0.4) is 0 Å². The molecule has 2 aromatic rings. The van der Waals surface area contributed by atoms with E-state index in [1.807, 2.05) is 6.92 Å². The lowest BCUT2D eigenvalue weighted by molar-refractivity contribution is -0.138. The van der Waals surface area contributed by atoms with Crippen LogP contribution in [0.1, 0.15) is 71.3 Å². The summed E-state index contributed by atoms with van der Waals surface area (Å²) < 4.78 is 39.9. The standard InChI is InChI=1S/C22H25F3N4O2/c1-12-15(6-5-7-17(12)22(23,24)25)13(2)26-20-16(18(11-30)27-14(3)28-20)10-19(31)29-21(4)8-9-21/h5-7,11,13H,8-10H2,1-4H3,(H,29,31)(H,26,27,28)/t13-/m1/s1. The molecule has 0 aliphatic heterocycles. The molecule has 1 heterocycles. The molecule has 1 aliphatic rings. The highest BCUT2D eigenvalue weighted by Gasteiger charge is 2.39. The molecule has 1 atom stereocenters. The fourth-order valence-corrected chi connectivity index (χ4v) is 3.57. The quantitative estimate of drug-likeness (QED) is 0.635. The summed E-state index contributed by atoms with van der Waals surface area (Å²) in [5, 5.41) is 6.02. The van der Waals surface area contributed by atoms with Gasteiger partial charge >= 0.3 is 6.18 Å². The minimum Gasteiger partial charge on any atom is -0.363 e. The molecule has 31 heavy (non-hydrogen) atoms. The molecule has 0 spiro atoms. The highest BCUT2D eigenvalue weighted by atomic mass is 19.4. The van der Waals surface area contributed by atoms with Crippen LogP contribution >= 0.6 is 0 Å². The zero-order chi connectivity index (χ0) is 23.0. The molecule has 0 unspecified atom stereocenters. The third-order valence-electron chi connectivity index (χ3n) is 5.54. The third kappa shape index (κ3) is 5.21. The van der Waals surface area contributed by atoms with Gasteiger partial charge in [-0.05, 0) is 57.7 Å². The zero-order valence-corrected chi connectivity index (χ0v) is 17.9. The molecule has 1 aliphatic carbocycles. The van der Waals surface area contributed by atoms with E-state index < -0.39 is 17.8 Å². The Kier molecular flexibility index (Phi) is 6.07. The third-order valence-corrected chi connectivity index (χ3v) is 5.54. The number of anilines is 1. The number of aryl methyl sites for hydroxylation is 1. The average Bonchev–Trinajstić information content (AvgIpc) is 3.39. The van der Waals surface area contributed by atoms with Crippen LogP contribution in [-0.2, 0) is 17.4 Å². The number of nitrogens with one attached hydrogen (secondary N) is 2. The summed E-state index contributed by atoms with van der Waals surface area (Å²) in [6.07, 6.45) is -2.23. The van der Waals surface area contributed by atoms with E-state index >= 15 is 0 Å². The van der Waals surface area contributed by atoms with E-state index in [-0.39, 0.29) is 34.9 Å². The number of carbonyl (C=O) groups is 2. The van der Waals surface area contributed by atoms with Crippen LogP contribution < -0.4 is 10.6 Å². The number of aromatic nitrogens is 2. The molecule has 1 aromatic carbocycles. The largest absolute Gasteiger partial charge is 0.416 e. The lowest BCUT2D eigenvalue weighted by Gasteiger charge is -2.22.